The molecule has 1 saturated heterocycles. The first-order valence-corrected chi connectivity index (χ1v) is 4.76. The van der Waals surface area contributed by atoms with Crippen LogP contribution in [0.2, 0.25) is 0 Å². The number of aliphatic carboxylic acids is 1. The highest BCUT2D eigenvalue weighted by Crippen LogP contribution is 2.06. The summed E-state index contributed by atoms with van der Waals surface area (Å²) in [7, 11) is 0. The van der Waals surface area contributed by atoms with E-state index in [0.717, 1.165) is 0 Å². The first-order chi connectivity index (χ1) is 7.04. The van der Waals surface area contributed by atoms with Gasteiger partial charge in [0, 0.05) is 19.1 Å². The third-order valence-corrected chi connectivity index (χ3v) is 2.37. The summed E-state index contributed by atoms with van der Waals surface area (Å²) in [6, 6.07) is -1.51. The van der Waals surface area contributed by atoms with Crippen LogP contribution in [0.3, 0.4) is 0 Å². The fraction of sp³-hybridized carbons (Fsp3) is 0.750. The summed E-state index contributed by atoms with van der Waals surface area (Å²) in [5.74, 6) is -1.25. The second-order valence-corrected chi connectivity index (χ2v) is 3.58. The first-order valence-electron chi connectivity index (χ1n) is 4.76. The van der Waals surface area contributed by atoms with E-state index in [1.807, 2.05) is 0 Å². The monoisotopic (exact) mass is 216 g/mol. The van der Waals surface area contributed by atoms with Gasteiger partial charge in [-0.2, -0.15) is 0 Å². The van der Waals surface area contributed by atoms with Crippen LogP contribution >= 0.6 is 0 Å². The van der Waals surface area contributed by atoms with Gasteiger partial charge in [0.15, 0.2) is 0 Å². The zero-order valence-electron chi connectivity index (χ0n) is 8.27. The fourth-order valence-corrected chi connectivity index (χ4v) is 1.45. The summed E-state index contributed by atoms with van der Waals surface area (Å²) in [5, 5.41) is 14.1. The Bertz CT molecular complexity index is 258. The Morgan fingerprint density at radius 1 is 1.60 bits per heavy atom. The van der Waals surface area contributed by atoms with Crippen LogP contribution in [0, 0.1) is 0 Å². The number of carbonyl (C=O) groups is 2. The Morgan fingerprint density at radius 2 is 2.27 bits per heavy atom. The lowest BCUT2D eigenvalue weighted by atomic mass is 10.1. The van der Waals surface area contributed by atoms with Gasteiger partial charge in [0.2, 0.25) is 5.91 Å². The van der Waals surface area contributed by atoms with E-state index in [9.17, 15) is 9.59 Å². The van der Waals surface area contributed by atoms with Crippen molar-refractivity contribution < 1.29 is 14.7 Å². The Balaban J connectivity index is 2.36. The number of hydrogen-bond acceptors (Lipinski definition) is 5. The average molecular weight is 216 g/mol. The van der Waals surface area contributed by atoms with Crippen molar-refractivity contribution in [2.45, 2.75) is 24.5 Å². The molecule has 0 bridgehead atoms. The van der Waals surface area contributed by atoms with Gasteiger partial charge in [0.05, 0.1) is 6.04 Å². The normalized spacial score (nSPS) is 27.3. The molecule has 0 saturated carbocycles. The molecule has 0 aromatic carbocycles. The van der Waals surface area contributed by atoms with Crippen molar-refractivity contribution in [2.24, 2.45) is 11.5 Å². The third-order valence-electron chi connectivity index (χ3n) is 2.37. The molecule has 1 amide bonds. The van der Waals surface area contributed by atoms with Crippen molar-refractivity contribution in [2.75, 3.05) is 13.1 Å². The van der Waals surface area contributed by atoms with Gasteiger partial charge in [-0.1, -0.05) is 0 Å². The summed E-state index contributed by atoms with van der Waals surface area (Å²) in [4.78, 5) is 21.9. The molecule has 3 unspecified atom stereocenters. The first kappa shape index (κ1) is 11.9. The van der Waals surface area contributed by atoms with Crippen LogP contribution in [0.25, 0.3) is 0 Å². The Kier molecular flexibility index (Phi) is 4.01. The van der Waals surface area contributed by atoms with Crippen molar-refractivity contribution in [3.63, 3.8) is 0 Å². The molecule has 0 radical (unpaired) electrons. The maximum absolute atomic E-state index is 11.3. The highest BCUT2D eigenvalue weighted by Gasteiger charge is 2.30. The van der Waals surface area contributed by atoms with E-state index >= 15 is 0 Å². The van der Waals surface area contributed by atoms with Gasteiger partial charge in [0.25, 0.3) is 0 Å². The lowest BCUT2D eigenvalue weighted by Gasteiger charge is -2.14. The van der Waals surface area contributed by atoms with Crippen LogP contribution in [0.1, 0.15) is 6.42 Å². The maximum Gasteiger partial charge on any atom is 0.320 e. The molecule has 7 N–H and O–H groups in total. The quantitative estimate of drug-likeness (QED) is 0.345. The van der Waals surface area contributed by atoms with Crippen LogP contribution < -0.4 is 22.1 Å². The molecule has 0 spiro atoms. The van der Waals surface area contributed by atoms with Gasteiger partial charge in [-0.05, 0) is 6.42 Å². The van der Waals surface area contributed by atoms with E-state index in [1.165, 1.54) is 0 Å². The van der Waals surface area contributed by atoms with Crippen LogP contribution in [0.15, 0.2) is 0 Å². The second kappa shape index (κ2) is 5.06. The number of hydrogen-bond donors (Lipinski definition) is 5. The Morgan fingerprint density at radius 3 is 2.73 bits per heavy atom. The summed E-state index contributed by atoms with van der Waals surface area (Å²) in [6.07, 6.45) is 0.373. The molecule has 1 aliphatic heterocycles. The van der Waals surface area contributed by atoms with Gasteiger partial charge < -0.3 is 27.2 Å². The van der Waals surface area contributed by atoms with E-state index in [-0.39, 0.29) is 18.5 Å². The van der Waals surface area contributed by atoms with Crippen LogP contribution in [0.5, 0.6) is 0 Å². The number of rotatable bonds is 4. The molecule has 15 heavy (non-hydrogen) atoms. The van der Waals surface area contributed by atoms with E-state index in [1.54, 1.807) is 0 Å². The summed E-state index contributed by atoms with van der Waals surface area (Å²) in [5.41, 5.74) is 10.6. The molecule has 7 nitrogen and oxygen atoms in total. The van der Waals surface area contributed by atoms with Crippen LogP contribution in [-0.2, 0) is 9.59 Å². The molecule has 0 aromatic rings. The van der Waals surface area contributed by atoms with Crippen molar-refractivity contribution in [3.8, 4) is 0 Å². The maximum atomic E-state index is 11.3. The summed E-state index contributed by atoms with van der Waals surface area (Å²) < 4.78 is 0. The molecular weight excluding hydrogens is 200 g/mol. The van der Waals surface area contributed by atoms with Gasteiger partial charge in [-0.15, -0.1) is 0 Å². The fourth-order valence-electron chi connectivity index (χ4n) is 1.45. The zero-order valence-corrected chi connectivity index (χ0v) is 8.27. The smallest absolute Gasteiger partial charge is 0.320 e. The molecule has 1 heterocycles. The number of carboxylic acid groups (broad SMARTS) is 1. The SMILES string of the molecule is NCC(N)C(=O)NC1CNC(C(=O)O)C1. The topological polar surface area (TPSA) is 130 Å². The lowest BCUT2D eigenvalue weighted by molar-refractivity contribution is -0.139. The third kappa shape index (κ3) is 3.15. The minimum Gasteiger partial charge on any atom is -0.480 e. The van der Waals surface area contributed by atoms with Crippen molar-refractivity contribution in [3.05, 3.63) is 0 Å². The van der Waals surface area contributed by atoms with Crippen molar-refractivity contribution in [1.29, 1.82) is 0 Å². The molecule has 1 fully saturated rings. The number of amides is 1. The number of carbonyl (C=O) groups excluding carboxylic acids is 1. The molecular formula is C8H16N4O3. The molecule has 0 aromatic heterocycles. The second-order valence-electron chi connectivity index (χ2n) is 3.58. The van der Waals surface area contributed by atoms with E-state index in [4.69, 9.17) is 16.6 Å². The predicted octanol–water partition coefficient (Wildman–Crippen LogP) is -2.80. The minimum atomic E-state index is -0.908. The molecule has 0 aliphatic carbocycles. The van der Waals surface area contributed by atoms with Crippen LogP contribution in [-0.4, -0.2) is 48.2 Å². The molecule has 86 valence electrons. The van der Waals surface area contributed by atoms with E-state index in [0.29, 0.717) is 13.0 Å². The minimum absolute atomic E-state index is 0.0777. The molecule has 7 heteroatoms. The summed E-state index contributed by atoms with van der Waals surface area (Å²) >= 11 is 0. The van der Waals surface area contributed by atoms with Gasteiger partial charge in [-0.3, -0.25) is 9.59 Å². The Labute approximate surface area is 87.2 Å². The van der Waals surface area contributed by atoms with Crippen molar-refractivity contribution >= 4 is 11.9 Å². The molecule has 1 aliphatic rings. The highest BCUT2D eigenvalue weighted by atomic mass is 16.4. The van der Waals surface area contributed by atoms with Gasteiger partial charge >= 0.3 is 5.97 Å². The highest BCUT2D eigenvalue weighted by molar-refractivity contribution is 5.82. The van der Waals surface area contributed by atoms with Crippen LogP contribution in [0.4, 0.5) is 0 Å². The average Bonchev–Trinajstić information content (AvgIpc) is 2.65. The lowest BCUT2D eigenvalue weighted by Crippen LogP contribution is -2.49. The molecule has 1 rings (SSSR count). The zero-order chi connectivity index (χ0) is 11.4. The predicted molar refractivity (Wildman–Crippen MR) is 53.0 cm³/mol. The number of nitrogens with two attached hydrogens (primary N) is 2. The largest absolute Gasteiger partial charge is 0.480 e. The Hall–Kier alpha value is -1.18. The number of nitrogens with one attached hydrogen (secondary N) is 2. The van der Waals surface area contributed by atoms with Crippen molar-refractivity contribution in [1.82, 2.24) is 10.6 Å². The molecule has 3 atom stereocenters. The summed E-state index contributed by atoms with van der Waals surface area (Å²) in [6.45, 7) is 0.522. The number of carboxylic acids is 1. The van der Waals surface area contributed by atoms with Gasteiger partial charge in [-0.25, -0.2) is 0 Å². The van der Waals surface area contributed by atoms with E-state index < -0.39 is 18.1 Å². The van der Waals surface area contributed by atoms with E-state index in [2.05, 4.69) is 10.6 Å². The van der Waals surface area contributed by atoms with Gasteiger partial charge in [0.1, 0.15) is 6.04 Å². The standard InChI is InChI=1S/C8H16N4O3/c9-2-5(10)7(13)12-4-1-6(8(14)15)11-3-4/h4-6,11H,1-3,9-10H2,(H,12,13)(H,14,15).